The number of fused-ring (bicyclic) bond motifs is 3. The molecule has 0 aliphatic rings. The molecular weight excluding hydrogens is 284 g/mol. The summed E-state index contributed by atoms with van der Waals surface area (Å²) in [6, 6.07) is 4.77. The molecule has 0 saturated heterocycles. The summed E-state index contributed by atoms with van der Waals surface area (Å²) in [6.45, 7) is 4.40. The van der Waals surface area contributed by atoms with E-state index >= 15 is 0 Å². The number of rotatable bonds is 4. The van der Waals surface area contributed by atoms with Crippen LogP contribution in [0.5, 0.6) is 11.5 Å². The highest BCUT2D eigenvalue weighted by atomic mass is 16.5. The Labute approximate surface area is 126 Å². The number of furan rings is 1. The van der Waals surface area contributed by atoms with Crippen molar-refractivity contribution in [2.45, 2.75) is 13.8 Å². The van der Waals surface area contributed by atoms with Gasteiger partial charge in [0.15, 0.2) is 16.9 Å². The second-order valence-corrected chi connectivity index (χ2v) is 5.12. The van der Waals surface area contributed by atoms with Gasteiger partial charge in [0.1, 0.15) is 6.61 Å². The van der Waals surface area contributed by atoms with Crippen LogP contribution in [0.2, 0.25) is 0 Å². The lowest BCUT2D eigenvalue weighted by Crippen LogP contribution is -2.00. The normalized spacial score (nSPS) is 10.9. The van der Waals surface area contributed by atoms with Gasteiger partial charge in [0.2, 0.25) is 5.75 Å². The number of methoxy groups -OCH3 is 1. The van der Waals surface area contributed by atoms with Gasteiger partial charge in [-0.25, -0.2) is 4.79 Å². The predicted octanol–water partition coefficient (Wildman–Crippen LogP) is 3.89. The highest BCUT2D eigenvalue weighted by molar-refractivity contribution is 6.08. The molecule has 3 rings (SSSR count). The van der Waals surface area contributed by atoms with Gasteiger partial charge in [0.25, 0.3) is 0 Å². The van der Waals surface area contributed by atoms with Crippen LogP contribution in [0.4, 0.5) is 0 Å². The first-order valence-corrected chi connectivity index (χ1v) is 6.89. The lowest BCUT2D eigenvalue weighted by molar-refractivity contribution is 0.326. The van der Waals surface area contributed by atoms with Crippen molar-refractivity contribution in [3.8, 4) is 11.5 Å². The SMILES string of the molecule is COc1c(OCC=C(C)C)c2occc2c2oc(=O)ccc12. The van der Waals surface area contributed by atoms with E-state index in [2.05, 4.69) is 0 Å². The zero-order valence-corrected chi connectivity index (χ0v) is 12.6. The number of hydrogen-bond acceptors (Lipinski definition) is 5. The fraction of sp³-hybridized carbons (Fsp3) is 0.235. The molecule has 0 aliphatic heterocycles. The Bertz CT molecular complexity index is 910. The Kier molecular flexibility index (Phi) is 3.63. The molecule has 2 aromatic heterocycles. The molecule has 22 heavy (non-hydrogen) atoms. The summed E-state index contributed by atoms with van der Waals surface area (Å²) in [5.74, 6) is 0.990. The van der Waals surface area contributed by atoms with Gasteiger partial charge in [0.05, 0.1) is 24.1 Å². The van der Waals surface area contributed by atoms with E-state index in [-0.39, 0.29) is 0 Å². The maximum absolute atomic E-state index is 11.5. The van der Waals surface area contributed by atoms with Gasteiger partial charge < -0.3 is 18.3 Å². The average molecular weight is 300 g/mol. The molecule has 5 heteroatoms. The van der Waals surface area contributed by atoms with Crippen molar-refractivity contribution < 1.29 is 18.3 Å². The molecule has 0 aliphatic carbocycles. The van der Waals surface area contributed by atoms with E-state index in [1.807, 2.05) is 19.9 Å². The van der Waals surface area contributed by atoms with Crippen molar-refractivity contribution in [2.75, 3.05) is 13.7 Å². The van der Waals surface area contributed by atoms with Crippen LogP contribution in [0.15, 0.2) is 49.7 Å². The number of hydrogen-bond donors (Lipinski definition) is 0. The Morgan fingerprint density at radius 3 is 2.68 bits per heavy atom. The van der Waals surface area contributed by atoms with E-state index < -0.39 is 5.63 Å². The van der Waals surface area contributed by atoms with E-state index in [4.69, 9.17) is 18.3 Å². The van der Waals surface area contributed by atoms with Crippen molar-refractivity contribution in [3.63, 3.8) is 0 Å². The first-order valence-electron chi connectivity index (χ1n) is 6.89. The Morgan fingerprint density at radius 1 is 1.14 bits per heavy atom. The molecule has 5 nitrogen and oxygen atoms in total. The highest BCUT2D eigenvalue weighted by Gasteiger charge is 2.20. The van der Waals surface area contributed by atoms with Gasteiger partial charge in [0, 0.05) is 6.07 Å². The Morgan fingerprint density at radius 2 is 1.95 bits per heavy atom. The third-order valence-corrected chi connectivity index (χ3v) is 3.32. The van der Waals surface area contributed by atoms with Crippen LogP contribution < -0.4 is 15.1 Å². The van der Waals surface area contributed by atoms with Gasteiger partial charge in [-0.3, -0.25) is 0 Å². The largest absolute Gasteiger partial charge is 0.492 e. The van der Waals surface area contributed by atoms with Crippen LogP contribution >= 0.6 is 0 Å². The summed E-state index contributed by atoms with van der Waals surface area (Å²) in [4.78, 5) is 11.5. The fourth-order valence-electron chi connectivity index (χ4n) is 2.31. The van der Waals surface area contributed by atoms with Gasteiger partial charge >= 0.3 is 5.63 Å². The summed E-state index contributed by atoms with van der Waals surface area (Å²) in [5, 5.41) is 1.35. The van der Waals surface area contributed by atoms with Crippen LogP contribution in [0.3, 0.4) is 0 Å². The van der Waals surface area contributed by atoms with Crippen molar-refractivity contribution >= 4 is 21.9 Å². The minimum Gasteiger partial charge on any atom is -0.492 e. The quantitative estimate of drug-likeness (QED) is 0.540. The molecule has 0 amide bonds. The van der Waals surface area contributed by atoms with E-state index in [1.54, 1.807) is 19.2 Å². The molecule has 0 radical (unpaired) electrons. The summed E-state index contributed by atoms with van der Waals surface area (Å²) >= 11 is 0. The van der Waals surface area contributed by atoms with Crippen molar-refractivity contribution in [1.82, 2.24) is 0 Å². The average Bonchev–Trinajstić information content (AvgIpc) is 2.96. The lowest BCUT2D eigenvalue weighted by atomic mass is 10.1. The molecule has 0 unspecified atom stereocenters. The first-order chi connectivity index (χ1) is 10.6. The number of ether oxygens (including phenoxy) is 2. The zero-order chi connectivity index (χ0) is 15.7. The molecular formula is C17H16O5. The van der Waals surface area contributed by atoms with Crippen molar-refractivity contribution in [2.24, 2.45) is 0 Å². The van der Waals surface area contributed by atoms with Gasteiger partial charge in [-0.2, -0.15) is 0 Å². The summed E-state index contributed by atoms with van der Waals surface area (Å²) < 4.78 is 22.1. The van der Waals surface area contributed by atoms with Crippen molar-refractivity contribution in [1.29, 1.82) is 0 Å². The fourth-order valence-corrected chi connectivity index (χ4v) is 2.31. The molecule has 0 spiro atoms. The van der Waals surface area contributed by atoms with Crippen LogP contribution in [0.1, 0.15) is 13.8 Å². The van der Waals surface area contributed by atoms with Crippen LogP contribution in [-0.2, 0) is 0 Å². The maximum atomic E-state index is 11.5. The van der Waals surface area contributed by atoms with E-state index in [1.165, 1.54) is 12.3 Å². The third kappa shape index (κ3) is 2.35. The van der Waals surface area contributed by atoms with Gasteiger partial charge in [-0.15, -0.1) is 0 Å². The zero-order valence-electron chi connectivity index (χ0n) is 12.6. The van der Waals surface area contributed by atoms with E-state index in [0.717, 1.165) is 5.57 Å². The van der Waals surface area contributed by atoms with E-state index in [9.17, 15) is 4.79 Å². The molecule has 0 saturated carbocycles. The van der Waals surface area contributed by atoms with Crippen LogP contribution in [-0.4, -0.2) is 13.7 Å². The highest BCUT2D eigenvalue weighted by Crippen LogP contribution is 2.43. The molecule has 0 N–H and O–H groups in total. The Hall–Kier alpha value is -2.69. The van der Waals surface area contributed by atoms with Gasteiger partial charge in [-0.05, 0) is 32.1 Å². The minimum absolute atomic E-state index is 0.400. The van der Waals surface area contributed by atoms with Crippen molar-refractivity contribution in [3.05, 3.63) is 46.5 Å². The Balaban J connectivity index is 2.28. The first kappa shape index (κ1) is 14.3. The molecule has 2 heterocycles. The molecule has 0 fully saturated rings. The molecule has 114 valence electrons. The van der Waals surface area contributed by atoms with E-state index in [0.29, 0.717) is 40.0 Å². The molecule has 0 atom stereocenters. The second kappa shape index (κ2) is 5.60. The minimum atomic E-state index is -0.421. The van der Waals surface area contributed by atoms with Crippen LogP contribution in [0, 0.1) is 0 Å². The maximum Gasteiger partial charge on any atom is 0.336 e. The molecule has 3 aromatic rings. The lowest BCUT2D eigenvalue weighted by Gasteiger charge is -2.12. The standard InChI is InChI=1S/C17H16O5/c1-10(2)6-8-21-17-15(19-3)11-4-5-13(18)22-14(11)12-7-9-20-16(12)17/h4-7,9H,8H2,1-3H3. The molecule has 1 aromatic carbocycles. The predicted molar refractivity (Wildman–Crippen MR) is 83.7 cm³/mol. The summed E-state index contributed by atoms with van der Waals surface area (Å²) in [6.07, 6.45) is 3.49. The number of allylic oxidation sites excluding steroid dienone is 1. The number of benzene rings is 1. The van der Waals surface area contributed by atoms with Gasteiger partial charge in [-0.1, -0.05) is 5.57 Å². The molecule has 0 bridgehead atoms. The summed E-state index contributed by atoms with van der Waals surface area (Å²) in [7, 11) is 1.54. The van der Waals surface area contributed by atoms with Crippen LogP contribution in [0.25, 0.3) is 21.9 Å². The summed E-state index contributed by atoms with van der Waals surface area (Å²) in [5.41, 5.74) is 1.67. The third-order valence-electron chi connectivity index (χ3n) is 3.32. The monoisotopic (exact) mass is 300 g/mol. The topological polar surface area (TPSA) is 61.8 Å². The smallest absolute Gasteiger partial charge is 0.336 e. The second-order valence-electron chi connectivity index (χ2n) is 5.12.